The number of carbonyl (C=O) groups excluding carboxylic acids is 1. The van der Waals surface area contributed by atoms with Crippen LogP contribution in [-0.2, 0) is 9.84 Å². The van der Waals surface area contributed by atoms with E-state index < -0.39 is 25.8 Å². The number of sulfone groups is 1. The van der Waals surface area contributed by atoms with Gasteiger partial charge in [-0.2, -0.15) is 0 Å². The molecule has 1 N–H and O–H groups in total. The topological polar surface area (TPSA) is 120 Å². The van der Waals surface area contributed by atoms with Gasteiger partial charge in [0.1, 0.15) is 0 Å². The van der Waals surface area contributed by atoms with Crippen molar-refractivity contribution in [1.82, 2.24) is 0 Å². The van der Waals surface area contributed by atoms with Crippen LogP contribution < -0.4 is 5.32 Å². The Morgan fingerprint density at radius 2 is 1.79 bits per heavy atom. The van der Waals surface area contributed by atoms with Crippen molar-refractivity contribution in [2.75, 3.05) is 5.32 Å². The van der Waals surface area contributed by atoms with Crippen LogP contribution in [0.5, 0.6) is 0 Å². The minimum atomic E-state index is -3.95. The predicted octanol–water partition coefficient (Wildman–Crippen LogP) is 4.69. The monoisotopic (exact) mass is 484 g/mol. The van der Waals surface area contributed by atoms with Gasteiger partial charge in [-0.25, -0.2) is 8.42 Å². The molecule has 11 heteroatoms. The number of non-ortho nitro benzene ring substituents is 1. The molecule has 1 aromatic heterocycles. The zero-order valence-corrected chi connectivity index (χ0v) is 16.9. The van der Waals surface area contributed by atoms with Crippen LogP contribution in [0.4, 0.5) is 11.4 Å². The fourth-order valence-electron chi connectivity index (χ4n) is 2.22. The van der Waals surface area contributed by atoms with Gasteiger partial charge in [-0.1, -0.05) is 11.6 Å². The van der Waals surface area contributed by atoms with Gasteiger partial charge in [0.15, 0.2) is 5.76 Å². The van der Waals surface area contributed by atoms with E-state index in [2.05, 4.69) is 21.2 Å². The number of nitrogens with zero attached hydrogens (tertiary/aromatic N) is 1. The van der Waals surface area contributed by atoms with Crippen molar-refractivity contribution < 1.29 is 22.6 Å². The second kappa shape index (κ2) is 7.74. The van der Waals surface area contributed by atoms with Crippen LogP contribution >= 0.6 is 27.5 Å². The summed E-state index contributed by atoms with van der Waals surface area (Å²) in [4.78, 5) is 22.5. The Kier molecular flexibility index (Phi) is 5.54. The van der Waals surface area contributed by atoms with Crippen LogP contribution in [-0.4, -0.2) is 19.2 Å². The standard InChI is InChI=1S/C17H10BrClN2O6S/c18-13-9-11(21(23)24)3-6-14(13)20-17(22)15-7-8-16(27-15)28(25,26)12-4-1-10(19)2-5-12/h1-9H,(H,20,22). The Bertz CT molecular complexity index is 1170. The van der Waals surface area contributed by atoms with E-state index in [0.29, 0.717) is 5.02 Å². The van der Waals surface area contributed by atoms with Crippen molar-refractivity contribution in [2.45, 2.75) is 9.99 Å². The minimum Gasteiger partial charge on any atom is -0.439 e. The number of halogens is 2. The van der Waals surface area contributed by atoms with Crippen LogP contribution in [0, 0.1) is 10.1 Å². The van der Waals surface area contributed by atoms with Gasteiger partial charge in [0, 0.05) is 21.6 Å². The summed E-state index contributed by atoms with van der Waals surface area (Å²) in [5.74, 6) is -0.954. The van der Waals surface area contributed by atoms with E-state index in [1.54, 1.807) is 0 Å². The van der Waals surface area contributed by atoms with Crippen molar-refractivity contribution in [3.05, 3.63) is 80.0 Å². The molecule has 0 saturated heterocycles. The molecule has 2 aromatic carbocycles. The number of nitrogens with one attached hydrogen (secondary N) is 1. The Hall–Kier alpha value is -2.69. The molecule has 0 unspecified atom stereocenters. The molecule has 1 heterocycles. The summed E-state index contributed by atoms with van der Waals surface area (Å²) in [6, 6.07) is 11.7. The first-order chi connectivity index (χ1) is 13.2. The molecule has 144 valence electrons. The first-order valence-corrected chi connectivity index (χ1v) is 10.2. The second-order valence-corrected chi connectivity index (χ2v) is 8.62. The summed E-state index contributed by atoms with van der Waals surface area (Å²) in [7, 11) is -3.95. The van der Waals surface area contributed by atoms with Gasteiger partial charge >= 0.3 is 0 Å². The first kappa shape index (κ1) is 20.1. The largest absolute Gasteiger partial charge is 0.439 e. The minimum absolute atomic E-state index is 0.0312. The van der Waals surface area contributed by atoms with Crippen LogP contribution in [0.15, 0.2) is 73.5 Å². The summed E-state index contributed by atoms with van der Waals surface area (Å²) in [6.45, 7) is 0. The van der Waals surface area contributed by atoms with Crippen LogP contribution in [0.1, 0.15) is 10.6 Å². The number of amides is 1. The summed E-state index contributed by atoms with van der Waals surface area (Å²) in [6.07, 6.45) is 0. The van der Waals surface area contributed by atoms with Gasteiger partial charge in [-0.15, -0.1) is 0 Å². The van der Waals surface area contributed by atoms with Crippen LogP contribution in [0.3, 0.4) is 0 Å². The highest BCUT2D eigenvalue weighted by Gasteiger charge is 2.24. The third-order valence-electron chi connectivity index (χ3n) is 3.61. The number of carbonyl (C=O) groups is 1. The van der Waals surface area contributed by atoms with E-state index in [1.165, 1.54) is 54.6 Å². The number of anilines is 1. The Morgan fingerprint density at radius 3 is 2.39 bits per heavy atom. The van der Waals surface area contributed by atoms with E-state index in [9.17, 15) is 23.3 Å². The molecule has 0 atom stereocenters. The van der Waals surface area contributed by atoms with Gasteiger partial charge < -0.3 is 9.73 Å². The summed E-state index contributed by atoms with van der Waals surface area (Å²) in [5.41, 5.74) is 0.105. The first-order valence-electron chi connectivity index (χ1n) is 7.54. The highest BCUT2D eigenvalue weighted by atomic mass is 79.9. The Balaban J connectivity index is 1.83. The molecule has 8 nitrogen and oxygen atoms in total. The van der Waals surface area contributed by atoms with Gasteiger partial charge in [0.05, 0.1) is 15.5 Å². The van der Waals surface area contributed by atoms with Gasteiger partial charge in [-0.3, -0.25) is 14.9 Å². The zero-order valence-electron chi connectivity index (χ0n) is 13.8. The number of hydrogen-bond acceptors (Lipinski definition) is 6. The number of rotatable bonds is 5. The molecular formula is C17H10BrClN2O6S. The quantitative estimate of drug-likeness (QED) is 0.413. The molecule has 0 aliphatic carbocycles. The predicted molar refractivity (Wildman–Crippen MR) is 104 cm³/mol. The maximum atomic E-state index is 12.6. The van der Waals surface area contributed by atoms with E-state index in [0.717, 1.165) is 0 Å². The van der Waals surface area contributed by atoms with Crippen molar-refractivity contribution in [2.24, 2.45) is 0 Å². The fraction of sp³-hybridized carbons (Fsp3) is 0. The lowest BCUT2D eigenvalue weighted by molar-refractivity contribution is -0.384. The maximum Gasteiger partial charge on any atom is 0.291 e. The normalized spacial score (nSPS) is 11.2. The average Bonchev–Trinajstić information content (AvgIpc) is 3.14. The maximum absolute atomic E-state index is 12.6. The Morgan fingerprint density at radius 1 is 1.11 bits per heavy atom. The van der Waals surface area contributed by atoms with Crippen LogP contribution in [0.2, 0.25) is 5.02 Å². The molecule has 0 radical (unpaired) electrons. The summed E-state index contributed by atoms with van der Waals surface area (Å²) in [5, 5.41) is 13.2. The number of nitro benzene ring substituents is 1. The molecule has 1 amide bonds. The average molecular weight is 486 g/mol. The Labute approximate surface area is 172 Å². The van der Waals surface area contributed by atoms with Crippen molar-refractivity contribution in [3.63, 3.8) is 0 Å². The van der Waals surface area contributed by atoms with Gasteiger partial charge in [0.2, 0.25) is 14.9 Å². The summed E-state index contributed by atoms with van der Waals surface area (Å²) >= 11 is 8.89. The number of benzene rings is 2. The second-order valence-electron chi connectivity index (χ2n) is 5.45. The zero-order chi connectivity index (χ0) is 20.5. The molecule has 0 fully saturated rings. The highest BCUT2D eigenvalue weighted by molar-refractivity contribution is 9.10. The third-order valence-corrected chi connectivity index (χ3v) is 6.16. The van der Waals surface area contributed by atoms with Crippen molar-refractivity contribution in [3.8, 4) is 0 Å². The third kappa shape index (κ3) is 4.08. The van der Waals surface area contributed by atoms with Crippen molar-refractivity contribution in [1.29, 1.82) is 0 Å². The lowest BCUT2D eigenvalue weighted by Crippen LogP contribution is -2.11. The van der Waals surface area contributed by atoms with E-state index in [-0.39, 0.29) is 26.5 Å². The SMILES string of the molecule is O=C(Nc1ccc([N+](=O)[O-])cc1Br)c1ccc(S(=O)(=O)c2ccc(Cl)cc2)o1. The molecule has 0 saturated carbocycles. The molecular weight excluding hydrogens is 476 g/mol. The van der Waals surface area contributed by atoms with Gasteiger partial charge in [-0.05, 0) is 58.4 Å². The molecule has 0 aliphatic rings. The molecule has 0 aliphatic heterocycles. The summed E-state index contributed by atoms with van der Waals surface area (Å²) < 4.78 is 30.6. The molecule has 3 aromatic rings. The number of nitro groups is 1. The number of hydrogen-bond donors (Lipinski definition) is 1. The van der Waals surface area contributed by atoms with Gasteiger partial charge in [0.25, 0.3) is 11.6 Å². The molecule has 3 rings (SSSR count). The van der Waals surface area contributed by atoms with Crippen LogP contribution in [0.25, 0.3) is 0 Å². The number of furan rings is 1. The smallest absolute Gasteiger partial charge is 0.291 e. The van der Waals surface area contributed by atoms with Crippen molar-refractivity contribution >= 4 is 54.7 Å². The lowest BCUT2D eigenvalue weighted by atomic mass is 10.3. The van der Waals surface area contributed by atoms with E-state index in [1.807, 2.05) is 0 Å². The lowest BCUT2D eigenvalue weighted by Gasteiger charge is -2.06. The fourth-order valence-corrected chi connectivity index (χ4v) is 3.98. The molecule has 28 heavy (non-hydrogen) atoms. The molecule has 0 bridgehead atoms. The molecule has 0 spiro atoms. The van der Waals surface area contributed by atoms with E-state index in [4.69, 9.17) is 16.0 Å². The highest BCUT2D eigenvalue weighted by Crippen LogP contribution is 2.28. The van der Waals surface area contributed by atoms with E-state index >= 15 is 0 Å².